The van der Waals surface area contributed by atoms with Crippen molar-refractivity contribution in [3.63, 3.8) is 0 Å². The summed E-state index contributed by atoms with van der Waals surface area (Å²) in [5, 5.41) is 0. The zero-order chi connectivity index (χ0) is 60.1. The summed E-state index contributed by atoms with van der Waals surface area (Å²) in [7, 11) is 6.75. The smallest absolute Gasteiger partial charge is 0.311 e. The lowest BCUT2D eigenvalue weighted by Gasteiger charge is -2.26. The van der Waals surface area contributed by atoms with E-state index in [-0.39, 0.29) is 11.4 Å². The van der Waals surface area contributed by atoms with Gasteiger partial charge in [-0.3, -0.25) is 4.79 Å². The van der Waals surface area contributed by atoms with Gasteiger partial charge in [-0.25, -0.2) is 0 Å². The molecule has 0 fully saturated rings. The summed E-state index contributed by atoms with van der Waals surface area (Å²) in [6, 6.07) is 62.6. The lowest BCUT2D eigenvalue weighted by molar-refractivity contribution is -0.155. The van der Waals surface area contributed by atoms with Crippen LogP contribution in [0.4, 0.5) is 0 Å². The summed E-state index contributed by atoms with van der Waals surface area (Å²) in [4.78, 5) is 11.3. The van der Waals surface area contributed by atoms with Gasteiger partial charge >= 0.3 is 5.97 Å². The van der Waals surface area contributed by atoms with Gasteiger partial charge < -0.3 is 33.2 Å². The van der Waals surface area contributed by atoms with Crippen molar-refractivity contribution in [3.8, 4) is 5.75 Å². The van der Waals surface area contributed by atoms with Crippen LogP contribution in [0.3, 0.4) is 0 Å². The third-order valence-corrected chi connectivity index (χ3v) is 15.1. The Morgan fingerprint density at radius 2 is 0.841 bits per heavy atom. The van der Waals surface area contributed by atoms with Gasteiger partial charge in [-0.15, -0.1) is 0 Å². The molecule has 6 aromatic rings. The molecule has 0 heterocycles. The Kier molecular flexibility index (Phi) is 40.5. The van der Waals surface area contributed by atoms with Crippen LogP contribution in [-0.4, -0.2) is 87.3 Å². The molecule has 0 N–H and O–H groups in total. The number of hydrogen-bond acceptors (Lipinski definition) is 8. The number of hydrogen-bond donors (Lipinski definition) is 0. The van der Waals surface area contributed by atoms with Crippen molar-refractivity contribution in [2.45, 2.75) is 156 Å². The molecule has 0 aliphatic carbocycles. The molecule has 8 heteroatoms. The third-order valence-electron chi connectivity index (χ3n) is 15.1. The zero-order valence-corrected chi connectivity index (χ0v) is 53.0. The predicted octanol–water partition coefficient (Wildman–Crippen LogP) is 18.8. The van der Waals surface area contributed by atoms with Crippen LogP contribution >= 0.6 is 0 Å². The number of ether oxygens (including phenoxy) is 7. The van der Waals surface area contributed by atoms with E-state index in [4.69, 9.17) is 33.2 Å². The molecule has 0 saturated carbocycles. The van der Waals surface area contributed by atoms with Gasteiger partial charge in [-0.2, -0.15) is 0 Å². The second-order valence-corrected chi connectivity index (χ2v) is 21.9. The normalized spacial score (nSPS) is 13.0. The molecule has 6 aromatic carbocycles. The highest BCUT2D eigenvalue weighted by Gasteiger charge is 2.27. The van der Waals surface area contributed by atoms with E-state index in [0.717, 1.165) is 77.1 Å². The van der Waals surface area contributed by atoms with Crippen LogP contribution in [0.5, 0.6) is 5.75 Å². The molecule has 0 amide bonds. The van der Waals surface area contributed by atoms with E-state index in [1.807, 2.05) is 20.8 Å². The van der Waals surface area contributed by atoms with Crippen molar-refractivity contribution < 1.29 is 38.0 Å². The quantitative estimate of drug-likeness (QED) is 0.0305. The fraction of sp³-hybridized carbons (Fsp3) is 0.500. The molecule has 0 spiro atoms. The summed E-state index contributed by atoms with van der Waals surface area (Å²) in [5.41, 5.74) is 8.11. The number of carbonyl (C=O) groups is 1. The van der Waals surface area contributed by atoms with E-state index in [9.17, 15) is 4.79 Å². The maximum Gasteiger partial charge on any atom is 0.311 e. The SMILES string of the molecule is CC(CCCOCC(C)c1ccccc1)c1ccccc1.CCC(C)(C)C(=O)OCCOC.CCC(CC(CC(C)c1ccccc1)c1ccc(OCCOC)cc1)c1ccccc1.CCC(CCOC)c1ccccc1.CCCOC. The summed E-state index contributed by atoms with van der Waals surface area (Å²) in [6.07, 6.45) is 9.97. The van der Waals surface area contributed by atoms with Crippen molar-refractivity contribution in [2.75, 3.05) is 81.3 Å². The van der Waals surface area contributed by atoms with Crippen LogP contribution in [0.15, 0.2) is 176 Å². The largest absolute Gasteiger partial charge is 0.491 e. The molecule has 6 unspecified atom stereocenters. The molecule has 8 nitrogen and oxygen atoms in total. The van der Waals surface area contributed by atoms with Gasteiger partial charge in [0.15, 0.2) is 0 Å². The third kappa shape index (κ3) is 31.2. The van der Waals surface area contributed by atoms with Crippen LogP contribution < -0.4 is 4.74 Å². The monoisotopic (exact) mass is 1120 g/mol. The van der Waals surface area contributed by atoms with Crippen LogP contribution in [0.2, 0.25) is 0 Å². The van der Waals surface area contributed by atoms with Crippen molar-refractivity contribution in [3.05, 3.63) is 209 Å². The molecule has 6 atom stereocenters. The first-order chi connectivity index (χ1) is 39.8. The number of carbonyl (C=O) groups excluding carboxylic acids is 1. The zero-order valence-electron chi connectivity index (χ0n) is 53.0. The Balaban J connectivity index is 0.000000389. The summed E-state index contributed by atoms with van der Waals surface area (Å²) in [6.45, 7) is 24.6. The molecule has 0 saturated heterocycles. The molecule has 0 radical (unpaired) electrons. The van der Waals surface area contributed by atoms with Gasteiger partial charge in [-0.1, -0.05) is 212 Å². The van der Waals surface area contributed by atoms with Gasteiger partial charge in [0, 0.05) is 54.2 Å². The Labute approximate surface area is 499 Å². The molecular weight excluding hydrogens is 1020 g/mol. The number of esters is 1. The van der Waals surface area contributed by atoms with Crippen molar-refractivity contribution >= 4 is 5.97 Å². The molecule has 452 valence electrons. The van der Waals surface area contributed by atoms with Crippen molar-refractivity contribution in [1.82, 2.24) is 0 Å². The lowest BCUT2D eigenvalue weighted by Crippen LogP contribution is -2.26. The van der Waals surface area contributed by atoms with E-state index in [1.165, 1.54) is 46.2 Å². The van der Waals surface area contributed by atoms with E-state index in [2.05, 4.69) is 217 Å². The van der Waals surface area contributed by atoms with Gasteiger partial charge in [-0.05, 0) is 147 Å². The van der Waals surface area contributed by atoms with Crippen molar-refractivity contribution in [2.24, 2.45) is 5.41 Å². The van der Waals surface area contributed by atoms with Gasteiger partial charge in [0.2, 0.25) is 0 Å². The lowest BCUT2D eigenvalue weighted by atomic mass is 9.78. The van der Waals surface area contributed by atoms with Gasteiger partial charge in [0.1, 0.15) is 19.0 Å². The number of methoxy groups -OCH3 is 4. The van der Waals surface area contributed by atoms with Crippen LogP contribution in [0, 0.1) is 5.41 Å². The standard InChI is InChI=1S/C29H36O2.C20H26O.C12H18O.C9H18O3.C4H10O/c1-4-24(26-13-9-6-10-14-26)22-28(21-23(2)25-11-7-5-8-12-25)27-15-17-29(18-16-27)31-20-19-30-3;1-17(19-11-5-3-6-12-19)10-9-15-21-16-18(2)20-13-7-4-8-14-20;1-3-11(9-10-13-2)12-7-5-4-6-8-12;1-5-9(2,3)8(10)12-7-6-11-4;1-3-4-5-2/h5-18,23-24,28H,4,19-22H2,1-3H3;3-8,11-14,17-18H,9-10,15-16H2,1-2H3;4-8,11H,3,9-10H2,1-2H3;5-7H2,1-4H3;3-4H2,1-2H3. The fourth-order valence-corrected chi connectivity index (χ4v) is 9.33. The Morgan fingerprint density at radius 1 is 0.415 bits per heavy atom. The first-order valence-corrected chi connectivity index (χ1v) is 30.5. The first-order valence-electron chi connectivity index (χ1n) is 30.5. The van der Waals surface area contributed by atoms with E-state index >= 15 is 0 Å². The topological polar surface area (TPSA) is 81.7 Å². The molecule has 0 bridgehead atoms. The molecule has 6 rings (SSSR count). The fourth-order valence-electron chi connectivity index (χ4n) is 9.33. The van der Waals surface area contributed by atoms with E-state index in [1.54, 1.807) is 28.4 Å². The maximum absolute atomic E-state index is 11.3. The van der Waals surface area contributed by atoms with Gasteiger partial charge in [0.25, 0.3) is 0 Å². The number of rotatable bonds is 32. The summed E-state index contributed by atoms with van der Waals surface area (Å²) >= 11 is 0. The highest BCUT2D eigenvalue weighted by Crippen LogP contribution is 2.39. The molecular formula is C74H108O8. The van der Waals surface area contributed by atoms with Crippen LogP contribution in [-0.2, 0) is 33.2 Å². The molecule has 0 aliphatic heterocycles. The first kappa shape index (κ1) is 72.5. The second-order valence-electron chi connectivity index (χ2n) is 21.9. The van der Waals surface area contributed by atoms with E-state index < -0.39 is 0 Å². The van der Waals surface area contributed by atoms with E-state index in [0.29, 0.717) is 61.9 Å². The minimum Gasteiger partial charge on any atom is -0.491 e. The molecule has 0 aromatic heterocycles. The van der Waals surface area contributed by atoms with Crippen molar-refractivity contribution in [1.29, 1.82) is 0 Å². The molecule has 82 heavy (non-hydrogen) atoms. The second kappa shape index (κ2) is 45.8. The summed E-state index contributed by atoms with van der Waals surface area (Å²) in [5.74, 6) is 4.06. The number of benzene rings is 6. The predicted molar refractivity (Wildman–Crippen MR) is 345 cm³/mol. The molecule has 0 aliphatic rings. The maximum atomic E-state index is 11.3. The Hall–Kier alpha value is -5.61. The Morgan fingerprint density at radius 3 is 1.28 bits per heavy atom. The van der Waals surface area contributed by atoms with Crippen LogP contribution in [0.1, 0.15) is 189 Å². The minimum absolute atomic E-state index is 0.151. The highest BCUT2D eigenvalue weighted by molar-refractivity contribution is 5.75. The minimum atomic E-state index is -0.367. The Bertz CT molecular complexity index is 2310. The average Bonchev–Trinajstić information content (AvgIpc) is 3.64. The summed E-state index contributed by atoms with van der Waals surface area (Å²) < 4.78 is 36.2. The van der Waals surface area contributed by atoms with Gasteiger partial charge in [0.05, 0.1) is 25.2 Å². The average molecular weight is 1130 g/mol. The van der Waals surface area contributed by atoms with Crippen LogP contribution in [0.25, 0.3) is 0 Å². The highest BCUT2D eigenvalue weighted by atomic mass is 16.6.